The summed E-state index contributed by atoms with van der Waals surface area (Å²) < 4.78 is 27.7. The van der Waals surface area contributed by atoms with Gasteiger partial charge in [-0.05, 0) is 65.2 Å². The second-order valence-corrected chi connectivity index (χ2v) is 12.3. The van der Waals surface area contributed by atoms with Crippen molar-refractivity contribution in [2.45, 2.75) is 17.7 Å². The Morgan fingerprint density at radius 3 is 2.12 bits per heavy atom. The number of carboxylic acids is 1. The predicted molar refractivity (Wildman–Crippen MR) is 160 cm³/mol. The Kier molecular flexibility index (Phi) is 9.01. The molecule has 212 valence electrons. The summed E-state index contributed by atoms with van der Waals surface area (Å²) in [5.41, 5.74) is 2.04. The van der Waals surface area contributed by atoms with Crippen LogP contribution in [-0.4, -0.2) is 56.7 Å². The number of carbonyl (C=O) groups is 3. The molecule has 0 fully saturated rings. The summed E-state index contributed by atoms with van der Waals surface area (Å²) in [7, 11) is -0.988. The van der Waals surface area contributed by atoms with Crippen LogP contribution in [0.1, 0.15) is 32.7 Å². The molecule has 0 aliphatic carbocycles. The van der Waals surface area contributed by atoms with E-state index in [0.29, 0.717) is 28.3 Å². The van der Waals surface area contributed by atoms with Crippen LogP contribution in [0.3, 0.4) is 0 Å². The van der Waals surface area contributed by atoms with E-state index in [9.17, 15) is 27.9 Å². The highest BCUT2D eigenvalue weighted by atomic mass is 35.5. The smallest absolute Gasteiger partial charge is 0.324 e. The van der Waals surface area contributed by atoms with Crippen molar-refractivity contribution in [2.75, 3.05) is 24.9 Å². The molecule has 0 aliphatic rings. The third-order valence-corrected chi connectivity index (χ3v) is 8.59. The molecule has 4 rings (SSSR count). The van der Waals surface area contributed by atoms with E-state index in [0.717, 1.165) is 9.87 Å². The van der Waals surface area contributed by atoms with Gasteiger partial charge in [-0.2, -0.15) is 0 Å². The van der Waals surface area contributed by atoms with Crippen molar-refractivity contribution >= 4 is 67.3 Å². The van der Waals surface area contributed by atoms with E-state index in [2.05, 4.69) is 0 Å². The SMILES string of the molecule is CN(C)C(=O)c1ccc(CCC(=O)c2cccc3cc(N(CC(=O)O)S(=O)(=O)c4cc(Cl)cc(Cl)c4)ccc23)cc1. The number of benzene rings is 4. The lowest BCUT2D eigenvalue weighted by atomic mass is 9.97. The van der Waals surface area contributed by atoms with Crippen LogP contribution in [0.25, 0.3) is 10.8 Å². The maximum Gasteiger partial charge on any atom is 0.324 e. The first-order valence-electron chi connectivity index (χ1n) is 12.4. The number of hydrogen-bond acceptors (Lipinski definition) is 5. The zero-order valence-electron chi connectivity index (χ0n) is 22.2. The number of Topliss-reactive ketones (excluding diaryl/α,β-unsaturated/α-hetero) is 1. The van der Waals surface area contributed by atoms with Gasteiger partial charge >= 0.3 is 5.97 Å². The predicted octanol–water partition coefficient (Wildman–Crippen LogP) is 5.94. The fourth-order valence-electron chi connectivity index (χ4n) is 4.38. The number of hydrogen-bond donors (Lipinski definition) is 1. The fourth-order valence-corrected chi connectivity index (χ4v) is 6.51. The first kappa shape index (κ1) is 30.0. The lowest BCUT2D eigenvalue weighted by Gasteiger charge is -2.23. The van der Waals surface area contributed by atoms with Gasteiger partial charge in [0, 0.05) is 41.7 Å². The van der Waals surface area contributed by atoms with Crippen LogP contribution in [0.15, 0.2) is 83.8 Å². The number of amides is 1. The van der Waals surface area contributed by atoms with Crippen LogP contribution < -0.4 is 4.31 Å². The average Bonchev–Trinajstić information content (AvgIpc) is 2.93. The van der Waals surface area contributed by atoms with E-state index in [1.165, 1.54) is 35.2 Å². The van der Waals surface area contributed by atoms with Crippen LogP contribution in [0.5, 0.6) is 0 Å². The Morgan fingerprint density at radius 1 is 0.854 bits per heavy atom. The maximum absolute atomic E-state index is 13.5. The van der Waals surface area contributed by atoms with Gasteiger partial charge in [-0.15, -0.1) is 0 Å². The molecule has 0 atom stereocenters. The van der Waals surface area contributed by atoms with Crippen molar-refractivity contribution in [3.63, 3.8) is 0 Å². The Labute approximate surface area is 247 Å². The minimum atomic E-state index is -4.35. The molecule has 0 bridgehead atoms. The van der Waals surface area contributed by atoms with Crippen LogP contribution in [-0.2, 0) is 21.2 Å². The number of nitrogens with zero attached hydrogens (tertiary/aromatic N) is 2. The van der Waals surface area contributed by atoms with Crippen LogP contribution in [0, 0.1) is 0 Å². The van der Waals surface area contributed by atoms with E-state index in [1.807, 2.05) is 12.1 Å². The van der Waals surface area contributed by atoms with Gasteiger partial charge in [0.2, 0.25) is 0 Å². The lowest BCUT2D eigenvalue weighted by molar-refractivity contribution is -0.135. The van der Waals surface area contributed by atoms with E-state index < -0.39 is 22.5 Å². The van der Waals surface area contributed by atoms with Crippen LogP contribution in [0.2, 0.25) is 10.0 Å². The molecule has 0 aliphatic heterocycles. The number of aryl methyl sites for hydroxylation is 1. The molecule has 1 N–H and O–H groups in total. The Hall–Kier alpha value is -3.92. The van der Waals surface area contributed by atoms with Crippen LogP contribution >= 0.6 is 23.2 Å². The molecule has 0 radical (unpaired) electrons. The van der Waals surface area contributed by atoms with E-state index >= 15 is 0 Å². The molecule has 0 heterocycles. The van der Waals surface area contributed by atoms with Crippen LogP contribution in [0.4, 0.5) is 5.69 Å². The van der Waals surface area contributed by atoms with Crippen molar-refractivity contribution in [3.8, 4) is 0 Å². The van der Waals surface area contributed by atoms with Gasteiger partial charge in [0.05, 0.1) is 10.6 Å². The number of halogens is 2. The van der Waals surface area contributed by atoms with Gasteiger partial charge in [-0.3, -0.25) is 18.7 Å². The van der Waals surface area contributed by atoms with E-state index in [1.54, 1.807) is 50.5 Å². The largest absolute Gasteiger partial charge is 0.480 e. The number of sulfonamides is 1. The van der Waals surface area contributed by atoms with Crippen molar-refractivity contribution in [2.24, 2.45) is 0 Å². The highest BCUT2D eigenvalue weighted by molar-refractivity contribution is 7.92. The summed E-state index contributed by atoms with van der Waals surface area (Å²) in [5, 5.41) is 10.8. The molecule has 0 saturated carbocycles. The third-order valence-electron chi connectivity index (χ3n) is 6.40. The number of fused-ring (bicyclic) bond motifs is 1. The maximum atomic E-state index is 13.5. The summed E-state index contributed by atoms with van der Waals surface area (Å²) in [5.74, 6) is -1.57. The molecule has 4 aromatic rings. The van der Waals surface area contributed by atoms with E-state index in [4.69, 9.17) is 23.2 Å². The van der Waals surface area contributed by atoms with Gasteiger partial charge in [0.15, 0.2) is 5.78 Å². The zero-order chi connectivity index (χ0) is 29.9. The van der Waals surface area contributed by atoms with Crippen molar-refractivity contribution < 1.29 is 27.9 Å². The summed E-state index contributed by atoms with van der Waals surface area (Å²) >= 11 is 12.0. The highest BCUT2D eigenvalue weighted by Crippen LogP contribution is 2.31. The number of ketones is 1. The molecule has 11 heteroatoms. The molecular formula is C30H26Cl2N2O6S. The van der Waals surface area contributed by atoms with Crippen molar-refractivity contribution in [3.05, 3.63) is 106 Å². The van der Waals surface area contributed by atoms with E-state index in [-0.39, 0.29) is 38.7 Å². The normalized spacial score (nSPS) is 11.3. The quantitative estimate of drug-likeness (QED) is 0.222. The van der Waals surface area contributed by atoms with Gasteiger partial charge < -0.3 is 10.0 Å². The first-order chi connectivity index (χ1) is 19.4. The van der Waals surface area contributed by atoms with Crippen molar-refractivity contribution in [1.82, 2.24) is 4.90 Å². The highest BCUT2D eigenvalue weighted by Gasteiger charge is 2.28. The average molecular weight is 614 g/mol. The van der Waals surface area contributed by atoms with Gasteiger partial charge in [-0.1, -0.05) is 59.6 Å². The third kappa shape index (κ3) is 6.87. The molecule has 1 amide bonds. The first-order valence-corrected chi connectivity index (χ1v) is 14.6. The van der Waals surface area contributed by atoms with Gasteiger partial charge in [-0.25, -0.2) is 8.42 Å². The minimum absolute atomic E-state index is 0.0889. The number of rotatable bonds is 10. The molecule has 4 aromatic carbocycles. The molecule has 41 heavy (non-hydrogen) atoms. The van der Waals surface area contributed by atoms with Gasteiger partial charge in [0.25, 0.3) is 15.9 Å². The number of aliphatic carboxylic acids is 1. The second kappa shape index (κ2) is 12.3. The second-order valence-electron chi connectivity index (χ2n) is 9.54. The number of carboxylic acid groups (broad SMARTS) is 1. The lowest BCUT2D eigenvalue weighted by Crippen LogP contribution is -2.35. The number of carbonyl (C=O) groups excluding carboxylic acids is 2. The molecule has 0 spiro atoms. The molecule has 0 saturated heterocycles. The Balaban J connectivity index is 1.61. The fraction of sp³-hybridized carbons (Fsp3) is 0.167. The standard InChI is InChI=1S/C30H26Cl2N2O6S/c1-33(2)30(38)20-9-6-19(7-10-20)8-13-28(35)27-5-3-4-21-14-24(11-12-26(21)27)34(18-29(36)37)41(39,40)25-16-22(31)15-23(32)17-25/h3-7,9-12,14-17H,8,13,18H2,1-2H3,(H,36,37). The Morgan fingerprint density at radius 2 is 1.51 bits per heavy atom. The number of anilines is 1. The molecular weight excluding hydrogens is 587 g/mol. The zero-order valence-corrected chi connectivity index (χ0v) is 24.5. The summed E-state index contributed by atoms with van der Waals surface area (Å²) in [6, 6.07) is 20.6. The summed E-state index contributed by atoms with van der Waals surface area (Å²) in [4.78, 5) is 38.2. The summed E-state index contributed by atoms with van der Waals surface area (Å²) in [6.45, 7) is -0.838. The molecule has 0 aromatic heterocycles. The molecule has 0 unspecified atom stereocenters. The monoisotopic (exact) mass is 612 g/mol. The topological polar surface area (TPSA) is 112 Å². The summed E-state index contributed by atoms with van der Waals surface area (Å²) in [6.07, 6.45) is 0.688. The Bertz CT molecular complexity index is 1730. The van der Waals surface area contributed by atoms with Gasteiger partial charge in [0.1, 0.15) is 6.54 Å². The minimum Gasteiger partial charge on any atom is -0.480 e. The molecule has 8 nitrogen and oxygen atoms in total. The van der Waals surface area contributed by atoms with Crippen molar-refractivity contribution in [1.29, 1.82) is 0 Å².